The van der Waals surface area contributed by atoms with E-state index < -0.39 is 0 Å². The van der Waals surface area contributed by atoms with Gasteiger partial charge in [-0.2, -0.15) is 5.10 Å². The van der Waals surface area contributed by atoms with Crippen molar-refractivity contribution in [2.75, 3.05) is 6.54 Å². The number of nitrogens with zero attached hydrogens (tertiary/aromatic N) is 2. The third-order valence-corrected chi connectivity index (χ3v) is 2.96. The van der Waals surface area contributed by atoms with Crippen LogP contribution in [0.2, 0.25) is 0 Å². The lowest BCUT2D eigenvalue weighted by atomic mass is 10.2. The van der Waals surface area contributed by atoms with E-state index in [-0.39, 0.29) is 0 Å². The topological polar surface area (TPSA) is 39.1 Å². The van der Waals surface area contributed by atoms with Crippen LogP contribution < -0.4 is 5.32 Å². The van der Waals surface area contributed by atoms with Crippen molar-refractivity contribution >= 4 is 0 Å². The Labute approximate surface area is 97.0 Å². The lowest BCUT2D eigenvalue weighted by Gasteiger charge is -2.10. The Hall–Kier alpha value is -0.870. The molecule has 90 valence electrons. The zero-order valence-electron chi connectivity index (χ0n) is 10.1. The molecule has 0 aromatic carbocycles. The van der Waals surface area contributed by atoms with E-state index in [0.29, 0.717) is 12.2 Å². The molecule has 2 atom stereocenters. The predicted molar refractivity (Wildman–Crippen MR) is 63.2 cm³/mol. The number of ether oxygens (including phenoxy) is 1. The molecule has 16 heavy (non-hydrogen) atoms. The molecule has 2 heterocycles. The number of aromatic nitrogens is 2. The predicted octanol–water partition coefficient (Wildman–Crippen LogP) is 1.56. The van der Waals surface area contributed by atoms with Gasteiger partial charge in [0.2, 0.25) is 0 Å². The number of nitrogens with one attached hydrogen (secondary N) is 1. The Bertz CT molecular complexity index is 324. The molecule has 0 saturated carbocycles. The second-order valence-electron chi connectivity index (χ2n) is 4.46. The minimum absolute atomic E-state index is 0.349. The molecule has 1 aromatic rings. The van der Waals surface area contributed by atoms with Gasteiger partial charge in [-0.3, -0.25) is 4.68 Å². The third kappa shape index (κ3) is 3.06. The smallest absolute Gasteiger partial charge is 0.0775 e. The molecule has 1 N–H and O–H groups in total. The first-order valence-electron chi connectivity index (χ1n) is 6.16. The van der Waals surface area contributed by atoms with E-state index in [1.807, 2.05) is 10.9 Å². The van der Waals surface area contributed by atoms with Gasteiger partial charge in [0, 0.05) is 12.7 Å². The van der Waals surface area contributed by atoms with E-state index >= 15 is 0 Å². The van der Waals surface area contributed by atoms with E-state index in [0.717, 1.165) is 31.7 Å². The molecule has 0 radical (unpaired) electrons. The van der Waals surface area contributed by atoms with Crippen molar-refractivity contribution in [3.8, 4) is 0 Å². The quantitative estimate of drug-likeness (QED) is 0.823. The molecule has 0 aliphatic carbocycles. The van der Waals surface area contributed by atoms with E-state index in [2.05, 4.69) is 30.3 Å². The van der Waals surface area contributed by atoms with E-state index in [1.54, 1.807) is 0 Å². The molecule has 0 amide bonds. The summed E-state index contributed by atoms with van der Waals surface area (Å²) >= 11 is 0. The minimum Gasteiger partial charge on any atom is -0.373 e. The van der Waals surface area contributed by atoms with Crippen molar-refractivity contribution in [3.63, 3.8) is 0 Å². The minimum atomic E-state index is 0.349. The first-order chi connectivity index (χ1) is 7.78. The molecular formula is C12H21N3O. The van der Waals surface area contributed by atoms with E-state index in [9.17, 15) is 0 Å². The number of hydrogen-bond donors (Lipinski definition) is 1. The molecule has 0 bridgehead atoms. The zero-order valence-corrected chi connectivity index (χ0v) is 10.1. The van der Waals surface area contributed by atoms with Crippen LogP contribution in [0.3, 0.4) is 0 Å². The van der Waals surface area contributed by atoms with E-state index in [4.69, 9.17) is 4.74 Å². The van der Waals surface area contributed by atoms with Crippen LogP contribution in [0.25, 0.3) is 0 Å². The van der Waals surface area contributed by atoms with Crippen molar-refractivity contribution < 1.29 is 4.74 Å². The maximum absolute atomic E-state index is 5.78. The fraction of sp³-hybridized carbons (Fsp3) is 0.750. The normalized spacial score (nSPS) is 25.1. The monoisotopic (exact) mass is 223 g/mol. The fourth-order valence-electron chi connectivity index (χ4n) is 2.08. The first-order valence-corrected chi connectivity index (χ1v) is 6.16. The molecule has 1 saturated heterocycles. The molecule has 1 aliphatic heterocycles. The van der Waals surface area contributed by atoms with Crippen LogP contribution in [0.1, 0.15) is 32.4 Å². The summed E-state index contributed by atoms with van der Waals surface area (Å²) in [7, 11) is 0. The van der Waals surface area contributed by atoms with Crippen molar-refractivity contribution in [2.24, 2.45) is 0 Å². The van der Waals surface area contributed by atoms with Gasteiger partial charge in [-0.05, 0) is 32.4 Å². The maximum Gasteiger partial charge on any atom is 0.0775 e. The van der Waals surface area contributed by atoms with Crippen molar-refractivity contribution in [2.45, 2.75) is 52.0 Å². The lowest BCUT2D eigenvalue weighted by Crippen LogP contribution is -2.17. The molecule has 1 aliphatic rings. The summed E-state index contributed by atoms with van der Waals surface area (Å²) in [6.45, 7) is 6.96. The SMILES string of the molecule is CCNCc1ccn(CC2CCC(C)O2)n1. The summed E-state index contributed by atoms with van der Waals surface area (Å²) in [5.41, 5.74) is 1.10. The van der Waals surface area contributed by atoms with Gasteiger partial charge in [0.15, 0.2) is 0 Å². The molecule has 1 fully saturated rings. The zero-order chi connectivity index (χ0) is 11.4. The van der Waals surface area contributed by atoms with Gasteiger partial charge in [0.1, 0.15) is 0 Å². The fourth-order valence-corrected chi connectivity index (χ4v) is 2.08. The van der Waals surface area contributed by atoms with Gasteiger partial charge in [0.05, 0.1) is 24.4 Å². The Morgan fingerprint density at radius 3 is 3.12 bits per heavy atom. The van der Waals surface area contributed by atoms with Crippen molar-refractivity contribution in [1.82, 2.24) is 15.1 Å². The molecular weight excluding hydrogens is 202 g/mol. The highest BCUT2D eigenvalue weighted by Crippen LogP contribution is 2.20. The molecule has 2 unspecified atom stereocenters. The second-order valence-corrected chi connectivity index (χ2v) is 4.46. The summed E-state index contributed by atoms with van der Waals surface area (Å²) in [6, 6.07) is 2.07. The highest BCUT2D eigenvalue weighted by Gasteiger charge is 2.22. The van der Waals surface area contributed by atoms with Crippen LogP contribution in [0, 0.1) is 0 Å². The van der Waals surface area contributed by atoms with Crippen molar-refractivity contribution in [3.05, 3.63) is 18.0 Å². The van der Waals surface area contributed by atoms with E-state index in [1.165, 1.54) is 6.42 Å². The Balaban J connectivity index is 1.83. The van der Waals surface area contributed by atoms with Gasteiger partial charge in [-0.1, -0.05) is 6.92 Å². The van der Waals surface area contributed by atoms with Crippen LogP contribution in [0.5, 0.6) is 0 Å². The van der Waals surface area contributed by atoms with Crippen LogP contribution in [0.15, 0.2) is 12.3 Å². The Morgan fingerprint density at radius 1 is 1.56 bits per heavy atom. The summed E-state index contributed by atoms with van der Waals surface area (Å²) in [6.07, 6.45) is 5.14. The Kier molecular flexibility index (Phi) is 3.96. The average molecular weight is 223 g/mol. The summed E-state index contributed by atoms with van der Waals surface area (Å²) in [4.78, 5) is 0. The van der Waals surface area contributed by atoms with Crippen LogP contribution >= 0.6 is 0 Å². The number of rotatable bonds is 5. The highest BCUT2D eigenvalue weighted by molar-refractivity contribution is 4.98. The third-order valence-electron chi connectivity index (χ3n) is 2.96. The summed E-state index contributed by atoms with van der Waals surface area (Å²) in [5, 5.41) is 7.78. The van der Waals surface area contributed by atoms with Crippen LogP contribution in [-0.4, -0.2) is 28.5 Å². The number of hydrogen-bond acceptors (Lipinski definition) is 3. The van der Waals surface area contributed by atoms with Gasteiger partial charge in [-0.25, -0.2) is 0 Å². The highest BCUT2D eigenvalue weighted by atomic mass is 16.5. The maximum atomic E-state index is 5.78. The van der Waals surface area contributed by atoms with Gasteiger partial charge < -0.3 is 10.1 Å². The summed E-state index contributed by atoms with van der Waals surface area (Å²) < 4.78 is 7.77. The molecule has 4 nitrogen and oxygen atoms in total. The first kappa shape index (κ1) is 11.6. The molecule has 0 spiro atoms. The molecule has 4 heteroatoms. The van der Waals surface area contributed by atoms with Gasteiger partial charge in [-0.15, -0.1) is 0 Å². The Morgan fingerprint density at radius 2 is 2.44 bits per heavy atom. The van der Waals surface area contributed by atoms with Crippen molar-refractivity contribution in [1.29, 1.82) is 0 Å². The molecule has 1 aromatic heterocycles. The van der Waals surface area contributed by atoms with Gasteiger partial charge >= 0.3 is 0 Å². The largest absolute Gasteiger partial charge is 0.373 e. The van der Waals surface area contributed by atoms with Crippen LogP contribution in [0.4, 0.5) is 0 Å². The second kappa shape index (κ2) is 5.46. The lowest BCUT2D eigenvalue weighted by molar-refractivity contribution is 0.0436. The molecule has 2 rings (SSSR count). The van der Waals surface area contributed by atoms with Gasteiger partial charge in [0.25, 0.3) is 0 Å². The van der Waals surface area contributed by atoms with Crippen LogP contribution in [-0.2, 0) is 17.8 Å². The standard InChI is InChI=1S/C12H21N3O/c1-3-13-8-11-6-7-15(14-11)9-12-5-4-10(2)16-12/h6-7,10,12-13H,3-5,8-9H2,1-2H3. The average Bonchev–Trinajstić information content (AvgIpc) is 2.86. The summed E-state index contributed by atoms with van der Waals surface area (Å²) in [5.74, 6) is 0.